The van der Waals surface area contributed by atoms with E-state index in [1.54, 1.807) is 46.2 Å². The molecule has 21 nitrogen and oxygen atoms in total. The summed E-state index contributed by atoms with van der Waals surface area (Å²) < 4.78 is 20.6. The normalized spacial score (nSPS) is 13.7. The molecule has 2 fully saturated rings. The highest BCUT2D eigenvalue weighted by Crippen LogP contribution is 2.36. The highest BCUT2D eigenvalue weighted by Gasteiger charge is 2.22. The standard InChI is InChI=1S/C20H23N5O2S2.C20H24N4O3S2.C19H20ClN5O2S/c1-28-18-3-2-13(8-14(18)9-17(26)16-11-27-20(21)24-16)19-23-15(12-29-19)10-25-6-4-22-5-7-25;1-24(2)7-4-8-26-20-22-11-18(29-20)13-5-6-17(28-3)14(9-13)10-16(25)15-12-27-19(21)23-15;1-24-4-6-25(7-5-24)19-22-10-17(28-19)12-2-3-14(20)13(8-12)9-16(26)15-11-27-18(21)23-15/h2-3,8,11-12,22H,4-7,9-10H2,1H3,(H2,21,24);5-6,9,11-12H,4,7-8,10H2,1-3H3,(H2,21,23);2-3,8,10-11H,4-7,9H2,1H3,(H2,21,23). The van der Waals surface area contributed by atoms with E-state index in [4.69, 9.17) is 51.8 Å². The van der Waals surface area contributed by atoms with Crippen molar-refractivity contribution in [3.8, 4) is 36.6 Å². The number of ketones is 3. The number of halogens is 1. The summed E-state index contributed by atoms with van der Waals surface area (Å²) in [6.07, 6.45) is 13.1. The highest BCUT2D eigenvalue weighted by atomic mass is 35.5. The molecule has 2 aliphatic rings. The predicted octanol–water partition coefficient (Wildman–Crippen LogP) is 10.0. The molecule has 0 atom stereocenters. The molecule has 452 valence electrons. The summed E-state index contributed by atoms with van der Waals surface area (Å²) in [4.78, 5) is 76.3. The first-order valence-electron chi connectivity index (χ1n) is 27.4. The predicted molar refractivity (Wildman–Crippen MR) is 345 cm³/mol. The fourth-order valence-electron chi connectivity index (χ4n) is 9.17. The second kappa shape index (κ2) is 30.6. The van der Waals surface area contributed by atoms with E-state index in [2.05, 4.69) is 80.5 Å². The number of ether oxygens (including phenoxy) is 1. The van der Waals surface area contributed by atoms with Gasteiger partial charge in [0.15, 0.2) is 22.5 Å². The molecule has 2 aliphatic heterocycles. The maximum atomic E-state index is 12.6. The minimum absolute atomic E-state index is 0.00467. The van der Waals surface area contributed by atoms with Crippen LogP contribution in [-0.4, -0.2) is 161 Å². The number of nitrogen functional groups attached to an aromatic ring is 3. The fraction of sp³-hybridized carbons (Fsp3) is 0.339. The first-order valence-corrected chi connectivity index (χ1v) is 32.8. The van der Waals surface area contributed by atoms with Crippen LogP contribution in [0, 0.1) is 0 Å². The van der Waals surface area contributed by atoms with Gasteiger partial charge in [-0.25, -0.2) is 15.0 Å². The van der Waals surface area contributed by atoms with E-state index >= 15 is 0 Å². The number of Topliss-reactive ketones (excluding diaryl/α,β-unsaturated/α-hetero) is 3. The van der Waals surface area contributed by atoms with E-state index in [9.17, 15) is 14.4 Å². The number of thiazole rings is 3. The van der Waals surface area contributed by atoms with Crippen molar-refractivity contribution in [2.24, 2.45) is 0 Å². The molecule has 2 saturated heterocycles. The number of oxazole rings is 3. The number of piperazine rings is 2. The minimum atomic E-state index is -0.193. The molecule has 0 aliphatic carbocycles. The summed E-state index contributed by atoms with van der Waals surface area (Å²) >= 11 is 14.3. The van der Waals surface area contributed by atoms with Crippen LogP contribution in [0.2, 0.25) is 5.02 Å². The van der Waals surface area contributed by atoms with Crippen molar-refractivity contribution in [1.82, 2.24) is 49.9 Å². The van der Waals surface area contributed by atoms with Gasteiger partial charge in [-0.3, -0.25) is 19.3 Å². The molecule has 3 aromatic carbocycles. The third kappa shape index (κ3) is 17.6. The van der Waals surface area contributed by atoms with Crippen molar-refractivity contribution in [3.05, 3.63) is 136 Å². The lowest BCUT2D eigenvalue weighted by molar-refractivity contribution is 0.0979. The number of rotatable bonds is 22. The SMILES string of the molecule is CN1CCN(c2ncc(-c3ccc(Cl)c(CC(=O)c4coc(N)n4)c3)s2)CC1.CSc1ccc(-c2cnc(OCCCN(C)C)s2)cc1CC(=O)c1coc(N)n1.CSc1ccc(-c2nc(CN3CCNCC3)cs2)cc1CC(=O)c1coc(N)n1. The molecular weight excluding hydrogens is 1210 g/mol. The van der Waals surface area contributed by atoms with Gasteiger partial charge in [-0.05, 0) is 104 Å². The number of benzene rings is 3. The number of aromatic nitrogens is 6. The van der Waals surface area contributed by atoms with Gasteiger partial charge in [-0.1, -0.05) is 52.5 Å². The maximum absolute atomic E-state index is 12.6. The van der Waals surface area contributed by atoms with Crippen molar-refractivity contribution in [3.63, 3.8) is 0 Å². The summed E-state index contributed by atoms with van der Waals surface area (Å²) in [5, 5.41) is 8.69. The van der Waals surface area contributed by atoms with Crippen LogP contribution in [0.5, 0.6) is 5.19 Å². The Morgan fingerprint density at radius 2 is 1.21 bits per heavy atom. The Hall–Kier alpha value is -6.98. The molecule has 0 radical (unpaired) electrons. The number of anilines is 4. The molecule has 0 amide bonds. The lowest BCUT2D eigenvalue weighted by Gasteiger charge is -2.32. The zero-order valence-electron chi connectivity index (χ0n) is 48.2. The number of hydrogen-bond acceptors (Lipinski definition) is 26. The van der Waals surface area contributed by atoms with Crippen molar-refractivity contribution in [2.75, 3.05) is 121 Å². The Labute approximate surface area is 524 Å². The number of carbonyl (C=O) groups is 3. The Morgan fingerprint density at radius 1 is 0.686 bits per heavy atom. The van der Waals surface area contributed by atoms with Crippen LogP contribution in [0.3, 0.4) is 0 Å². The summed E-state index contributed by atoms with van der Waals surface area (Å²) in [6, 6.07) is 17.9. The van der Waals surface area contributed by atoms with Gasteiger partial charge in [0, 0.05) is 123 Å². The van der Waals surface area contributed by atoms with Crippen LogP contribution in [0.4, 0.5) is 23.2 Å². The number of likely N-dealkylation sites (N-methyl/N-ethyl adjacent to an activating group) is 1. The molecule has 86 heavy (non-hydrogen) atoms. The second-order valence-electron chi connectivity index (χ2n) is 20.3. The van der Waals surface area contributed by atoms with Gasteiger partial charge >= 0.3 is 0 Å². The molecular formula is C59H67ClN14O7S5. The quantitative estimate of drug-likeness (QED) is 0.0279. The Balaban J connectivity index is 0.000000154. The molecule has 0 unspecified atom stereocenters. The van der Waals surface area contributed by atoms with Crippen molar-refractivity contribution in [2.45, 2.75) is 42.0 Å². The second-order valence-corrected chi connectivity index (χ2v) is 25.3. The first kappa shape index (κ1) is 63.5. The van der Waals surface area contributed by atoms with Crippen LogP contribution in [0.25, 0.3) is 31.5 Å². The van der Waals surface area contributed by atoms with Crippen LogP contribution >= 0.6 is 69.1 Å². The number of nitrogens with one attached hydrogen (secondary N) is 1. The number of nitrogens with two attached hydrogens (primary N) is 3. The number of hydrogen-bond donors (Lipinski definition) is 4. The molecule has 0 bridgehead atoms. The first-order chi connectivity index (χ1) is 41.6. The lowest BCUT2D eigenvalue weighted by atomic mass is 10.0. The number of thioether (sulfide) groups is 2. The summed E-state index contributed by atoms with van der Waals surface area (Å²) in [5.41, 5.74) is 23.9. The lowest BCUT2D eigenvalue weighted by Crippen LogP contribution is -2.44. The third-order valence-electron chi connectivity index (χ3n) is 13.8. The molecule has 0 saturated carbocycles. The zero-order valence-corrected chi connectivity index (χ0v) is 53.1. The van der Waals surface area contributed by atoms with Crippen molar-refractivity contribution in [1.29, 1.82) is 0 Å². The number of nitrogens with zero attached hydrogens (tertiary/aromatic N) is 10. The monoisotopic (exact) mass is 1280 g/mol. The smallest absolute Gasteiger partial charge is 0.292 e. The zero-order chi connectivity index (χ0) is 60.7. The van der Waals surface area contributed by atoms with Gasteiger partial charge in [0.1, 0.15) is 40.9 Å². The fourth-order valence-corrected chi connectivity index (χ4v) is 13.1. The van der Waals surface area contributed by atoms with E-state index < -0.39 is 0 Å². The molecule has 8 heterocycles. The van der Waals surface area contributed by atoms with Gasteiger partial charge < -0.3 is 55.2 Å². The van der Waals surface area contributed by atoms with Gasteiger partial charge in [0.05, 0.1) is 22.1 Å². The molecule has 27 heteroatoms. The van der Waals surface area contributed by atoms with E-state index in [0.29, 0.717) is 16.8 Å². The van der Waals surface area contributed by atoms with Crippen LogP contribution in [-0.2, 0) is 25.8 Å². The summed E-state index contributed by atoms with van der Waals surface area (Å²) in [6.45, 7) is 10.7. The average molecular weight is 1280 g/mol. The van der Waals surface area contributed by atoms with Gasteiger partial charge in [0.25, 0.3) is 23.2 Å². The third-order valence-corrected chi connectivity index (χ3v) is 18.8. The van der Waals surface area contributed by atoms with E-state index in [1.165, 1.54) is 30.1 Å². The Kier molecular flexibility index (Phi) is 22.6. The molecule has 0 spiro atoms. The van der Waals surface area contributed by atoms with Crippen molar-refractivity contribution < 1.29 is 32.4 Å². The Bertz CT molecular complexity index is 3710. The van der Waals surface area contributed by atoms with Crippen LogP contribution in [0.1, 0.15) is 60.3 Å². The molecule has 9 aromatic rings. The minimum Gasteiger partial charge on any atom is -0.470 e. The molecule has 7 N–H and O–H groups in total. The number of carbonyl (C=O) groups excluding carboxylic acids is 3. The van der Waals surface area contributed by atoms with Crippen LogP contribution in [0.15, 0.2) is 114 Å². The molecule has 6 aromatic heterocycles. The average Bonchev–Trinajstić information content (AvgIpc) is 4.33. The topological polar surface area (TPSA) is 280 Å². The Morgan fingerprint density at radius 3 is 1.77 bits per heavy atom. The van der Waals surface area contributed by atoms with Gasteiger partial charge in [-0.2, -0.15) is 15.0 Å². The van der Waals surface area contributed by atoms with Crippen LogP contribution < -0.4 is 32.2 Å². The van der Waals surface area contributed by atoms with Crippen molar-refractivity contribution >= 4 is 110 Å². The van der Waals surface area contributed by atoms with E-state index in [-0.39, 0.29) is 71.7 Å². The van der Waals surface area contributed by atoms with E-state index in [0.717, 1.165) is 141 Å². The summed E-state index contributed by atoms with van der Waals surface area (Å²) in [7, 11) is 6.22. The highest BCUT2D eigenvalue weighted by molar-refractivity contribution is 7.98. The summed E-state index contributed by atoms with van der Waals surface area (Å²) in [5.74, 6) is -0.439. The molecule has 11 rings (SSSR count). The van der Waals surface area contributed by atoms with Gasteiger partial charge in [0.2, 0.25) is 0 Å². The van der Waals surface area contributed by atoms with E-state index in [1.807, 2.05) is 75.4 Å². The van der Waals surface area contributed by atoms with Gasteiger partial charge in [-0.15, -0.1) is 34.9 Å². The maximum Gasteiger partial charge on any atom is 0.292 e. The largest absolute Gasteiger partial charge is 0.470 e.